The maximum atomic E-state index is 12.5. The van der Waals surface area contributed by atoms with Gasteiger partial charge in [0.05, 0.1) is 10.9 Å². The van der Waals surface area contributed by atoms with E-state index in [1.165, 1.54) is 18.4 Å². The van der Waals surface area contributed by atoms with E-state index in [4.69, 9.17) is 5.73 Å². The van der Waals surface area contributed by atoms with Crippen LogP contribution in [-0.2, 0) is 14.8 Å². The second-order valence-corrected chi connectivity index (χ2v) is 8.78. The first-order valence-electron chi connectivity index (χ1n) is 8.30. The van der Waals surface area contributed by atoms with E-state index in [9.17, 15) is 13.2 Å². The molecular formula is C17H27N3O3S. The summed E-state index contributed by atoms with van der Waals surface area (Å²) in [5, 5.41) is 3.01. The highest BCUT2D eigenvalue weighted by molar-refractivity contribution is 7.89. The summed E-state index contributed by atoms with van der Waals surface area (Å²) in [4.78, 5) is 12.7. The summed E-state index contributed by atoms with van der Waals surface area (Å²) in [6, 6.07) is 6.46. The Morgan fingerprint density at radius 1 is 1.38 bits per heavy atom. The number of carbonyl (C=O) groups excluding carboxylic acids is 1. The third-order valence-electron chi connectivity index (χ3n) is 4.79. The summed E-state index contributed by atoms with van der Waals surface area (Å²) in [5.74, 6) is 0.222. The molecule has 0 aromatic heterocycles. The summed E-state index contributed by atoms with van der Waals surface area (Å²) in [7, 11) is -0.485. The molecule has 7 heteroatoms. The Kier molecular flexibility index (Phi) is 6.01. The molecule has 2 rings (SSSR count). The summed E-state index contributed by atoms with van der Waals surface area (Å²) in [5.41, 5.74) is 6.52. The highest BCUT2D eigenvalue weighted by Gasteiger charge is 2.32. The Morgan fingerprint density at radius 3 is 2.71 bits per heavy atom. The van der Waals surface area contributed by atoms with Crippen LogP contribution in [0.5, 0.6) is 0 Å². The predicted octanol–water partition coefficient (Wildman–Crippen LogP) is 1.49. The molecule has 1 fully saturated rings. The molecule has 0 spiro atoms. The minimum atomic E-state index is -3.49. The number of rotatable bonds is 6. The Balaban J connectivity index is 2.13. The van der Waals surface area contributed by atoms with E-state index in [1.807, 2.05) is 13.0 Å². The quantitative estimate of drug-likeness (QED) is 0.810. The molecule has 1 aliphatic rings. The molecule has 0 saturated heterocycles. The molecule has 1 unspecified atom stereocenters. The van der Waals surface area contributed by atoms with Crippen molar-refractivity contribution in [3.8, 4) is 0 Å². The Hall–Kier alpha value is -1.44. The molecule has 0 bridgehead atoms. The highest BCUT2D eigenvalue weighted by atomic mass is 32.2. The van der Waals surface area contributed by atoms with E-state index < -0.39 is 10.0 Å². The van der Waals surface area contributed by atoms with E-state index in [0.29, 0.717) is 6.54 Å². The SMILES string of the molecule is CC(NC(=O)[C@@H]1CCC[C@@H]1CN)c1cccc(S(=O)(=O)N(C)C)c1. The zero-order chi connectivity index (χ0) is 17.9. The molecule has 0 aliphatic heterocycles. The van der Waals surface area contributed by atoms with Crippen molar-refractivity contribution in [3.63, 3.8) is 0 Å². The Bertz CT molecular complexity index is 688. The van der Waals surface area contributed by atoms with Crippen molar-refractivity contribution >= 4 is 15.9 Å². The first-order valence-corrected chi connectivity index (χ1v) is 9.74. The van der Waals surface area contributed by atoms with Crippen LogP contribution in [-0.4, -0.2) is 39.3 Å². The molecule has 24 heavy (non-hydrogen) atoms. The highest BCUT2D eigenvalue weighted by Crippen LogP contribution is 2.31. The summed E-state index contributed by atoms with van der Waals surface area (Å²) < 4.78 is 25.7. The predicted molar refractivity (Wildman–Crippen MR) is 93.8 cm³/mol. The van der Waals surface area contributed by atoms with Crippen LogP contribution in [0.1, 0.15) is 37.8 Å². The number of sulfonamides is 1. The number of benzene rings is 1. The molecule has 0 heterocycles. The lowest BCUT2D eigenvalue weighted by atomic mass is 9.94. The van der Waals surface area contributed by atoms with Crippen LogP contribution in [0.15, 0.2) is 29.2 Å². The van der Waals surface area contributed by atoms with Gasteiger partial charge in [0.2, 0.25) is 15.9 Å². The van der Waals surface area contributed by atoms with Crippen LogP contribution in [0.4, 0.5) is 0 Å². The molecule has 0 radical (unpaired) electrons. The number of amides is 1. The van der Waals surface area contributed by atoms with E-state index in [1.54, 1.807) is 18.2 Å². The van der Waals surface area contributed by atoms with E-state index in [-0.39, 0.29) is 28.7 Å². The summed E-state index contributed by atoms with van der Waals surface area (Å²) >= 11 is 0. The van der Waals surface area contributed by atoms with Gasteiger partial charge in [0.1, 0.15) is 0 Å². The van der Waals surface area contributed by atoms with Gasteiger partial charge in [0, 0.05) is 20.0 Å². The minimum Gasteiger partial charge on any atom is -0.349 e. The number of nitrogens with one attached hydrogen (secondary N) is 1. The molecule has 134 valence electrons. The zero-order valence-corrected chi connectivity index (χ0v) is 15.3. The molecule has 6 nitrogen and oxygen atoms in total. The number of nitrogens with zero attached hydrogens (tertiary/aromatic N) is 1. The van der Waals surface area contributed by atoms with Crippen LogP contribution in [0.2, 0.25) is 0 Å². The van der Waals surface area contributed by atoms with Gasteiger partial charge in [0.15, 0.2) is 0 Å². The Labute approximate surface area is 144 Å². The fraction of sp³-hybridized carbons (Fsp3) is 0.588. The third-order valence-corrected chi connectivity index (χ3v) is 6.61. The van der Waals surface area contributed by atoms with Crippen molar-refractivity contribution in [1.82, 2.24) is 9.62 Å². The second-order valence-electron chi connectivity index (χ2n) is 6.62. The normalized spacial score (nSPS) is 22.5. The second kappa shape index (κ2) is 7.63. The molecule has 3 N–H and O–H groups in total. The van der Waals surface area contributed by atoms with Crippen LogP contribution < -0.4 is 11.1 Å². The summed E-state index contributed by atoms with van der Waals surface area (Å²) in [6.45, 7) is 2.40. The van der Waals surface area contributed by atoms with E-state index in [0.717, 1.165) is 24.8 Å². The van der Waals surface area contributed by atoms with Crippen LogP contribution in [0.25, 0.3) is 0 Å². The number of nitrogens with two attached hydrogens (primary N) is 1. The fourth-order valence-corrected chi connectivity index (χ4v) is 4.18. The van der Waals surface area contributed by atoms with Crippen molar-refractivity contribution in [2.75, 3.05) is 20.6 Å². The molecule has 1 aliphatic carbocycles. The van der Waals surface area contributed by atoms with Gasteiger partial charge in [-0.1, -0.05) is 18.6 Å². The van der Waals surface area contributed by atoms with Crippen molar-refractivity contribution in [1.29, 1.82) is 0 Å². The topological polar surface area (TPSA) is 92.5 Å². The molecule has 1 saturated carbocycles. The Morgan fingerprint density at radius 2 is 2.08 bits per heavy atom. The smallest absolute Gasteiger partial charge is 0.242 e. The number of hydrogen-bond donors (Lipinski definition) is 2. The van der Waals surface area contributed by atoms with Crippen molar-refractivity contribution < 1.29 is 13.2 Å². The maximum absolute atomic E-state index is 12.5. The first kappa shape index (κ1) is 18.9. The van der Waals surface area contributed by atoms with Gasteiger partial charge in [-0.2, -0.15) is 0 Å². The molecule has 1 amide bonds. The van der Waals surface area contributed by atoms with Crippen LogP contribution in [0, 0.1) is 11.8 Å². The molecule has 3 atom stereocenters. The van der Waals surface area contributed by atoms with Gasteiger partial charge in [-0.25, -0.2) is 12.7 Å². The largest absolute Gasteiger partial charge is 0.349 e. The average Bonchev–Trinajstić information content (AvgIpc) is 3.03. The van der Waals surface area contributed by atoms with Gasteiger partial charge in [0.25, 0.3) is 0 Å². The lowest BCUT2D eigenvalue weighted by Gasteiger charge is -2.21. The lowest BCUT2D eigenvalue weighted by molar-refractivity contribution is -0.126. The third kappa shape index (κ3) is 3.96. The number of hydrogen-bond acceptors (Lipinski definition) is 4. The van der Waals surface area contributed by atoms with Gasteiger partial charge >= 0.3 is 0 Å². The van der Waals surface area contributed by atoms with Crippen LogP contribution in [0.3, 0.4) is 0 Å². The van der Waals surface area contributed by atoms with Crippen LogP contribution >= 0.6 is 0 Å². The van der Waals surface area contributed by atoms with Crippen molar-refractivity contribution in [2.45, 2.75) is 37.1 Å². The average molecular weight is 353 g/mol. The molecule has 1 aromatic rings. The monoisotopic (exact) mass is 353 g/mol. The minimum absolute atomic E-state index is 0.0105. The number of carbonyl (C=O) groups is 1. The van der Waals surface area contributed by atoms with Crippen molar-refractivity contribution in [3.05, 3.63) is 29.8 Å². The first-order chi connectivity index (χ1) is 11.3. The van der Waals surface area contributed by atoms with Gasteiger partial charge in [-0.05, 0) is 49.9 Å². The molecule has 1 aromatic carbocycles. The van der Waals surface area contributed by atoms with Gasteiger partial charge in [-0.15, -0.1) is 0 Å². The maximum Gasteiger partial charge on any atom is 0.242 e. The van der Waals surface area contributed by atoms with E-state index >= 15 is 0 Å². The standard InChI is InChI=1S/C17H27N3O3S/c1-12(19-17(21)16-9-5-7-14(16)11-18)13-6-4-8-15(10-13)24(22,23)20(2)3/h4,6,8,10,12,14,16H,5,7,9,11,18H2,1-3H3,(H,19,21)/t12?,14-,16-/m1/s1. The fourth-order valence-electron chi connectivity index (χ4n) is 3.22. The molecular weight excluding hydrogens is 326 g/mol. The summed E-state index contributed by atoms with van der Waals surface area (Å²) in [6.07, 6.45) is 2.90. The lowest BCUT2D eigenvalue weighted by Crippen LogP contribution is -2.36. The van der Waals surface area contributed by atoms with Crippen molar-refractivity contribution in [2.24, 2.45) is 17.6 Å². The van der Waals surface area contributed by atoms with Gasteiger partial charge in [-0.3, -0.25) is 4.79 Å². The van der Waals surface area contributed by atoms with E-state index in [2.05, 4.69) is 5.32 Å². The zero-order valence-electron chi connectivity index (χ0n) is 14.5. The van der Waals surface area contributed by atoms with Gasteiger partial charge < -0.3 is 11.1 Å².